The quantitative estimate of drug-likeness (QED) is 0.772. The SMILES string of the molecule is COC(=O)C[C@H](O)c1ccc(C)c(C)c1. The van der Waals surface area contributed by atoms with E-state index in [2.05, 4.69) is 4.74 Å². The third-order valence-corrected chi connectivity index (χ3v) is 2.50. The smallest absolute Gasteiger partial charge is 0.308 e. The van der Waals surface area contributed by atoms with Crippen LogP contribution < -0.4 is 0 Å². The zero-order chi connectivity index (χ0) is 11.4. The van der Waals surface area contributed by atoms with Gasteiger partial charge in [0.1, 0.15) is 0 Å². The van der Waals surface area contributed by atoms with Crippen LogP contribution in [0.2, 0.25) is 0 Å². The summed E-state index contributed by atoms with van der Waals surface area (Å²) < 4.78 is 4.50. The maximum atomic E-state index is 11.0. The molecule has 1 aromatic carbocycles. The first-order valence-electron chi connectivity index (χ1n) is 4.86. The molecule has 0 aliphatic rings. The fourth-order valence-corrected chi connectivity index (χ4v) is 1.33. The highest BCUT2D eigenvalue weighted by atomic mass is 16.5. The number of hydrogen-bond acceptors (Lipinski definition) is 3. The molecule has 0 heterocycles. The lowest BCUT2D eigenvalue weighted by Gasteiger charge is -2.11. The molecular weight excluding hydrogens is 192 g/mol. The maximum absolute atomic E-state index is 11.0. The lowest BCUT2D eigenvalue weighted by Crippen LogP contribution is -2.08. The average molecular weight is 208 g/mol. The number of aliphatic hydroxyl groups excluding tert-OH is 1. The predicted molar refractivity (Wildman–Crippen MR) is 57.5 cm³/mol. The van der Waals surface area contributed by atoms with Crippen molar-refractivity contribution in [1.82, 2.24) is 0 Å². The monoisotopic (exact) mass is 208 g/mol. The van der Waals surface area contributed by atoms with Gasteiger partial charge in [0.15, 0.2) is 0 Å². The highest BCUT2D eigenvalue weighted by molar-refractivity contribution is 5.70. The van der Waals surface area contributed by atoms with Crippen LogP contribution in [0.25, 0.3) is 0 Å². The molecule has 3 nitrogen and oxygen atoms in total. The molecular formula is C12H16O3. The first-order valence-corrected chi connectivity index (χ1v) is 4.86. The van der Waals surface area contributed by atoms with Crippen LogP contribution in [0.5, 0.6) is 0 Å². The normalized spacial score (nSPS) is 12.3. The van der Waals surface area contributed by atoms with Crippen LogP contribution in [0.1, 0.15) is 29.2 Å². The molecule has 0 bridgehead atoms. The van der Waals surface area contributed by atoms with Gasteiger partial charge in [-0.1, -0.05) is 18.2 Å². The van der Waals surface area contributed by atoms with Crippen LogP contribution in [-0.2, 0) is 9.53 Å². The highest BCUT2D eigenvalue weighted by Gasteiger charge is 2.13. The van der Waals surface area contributed by atoms with Gasteiger partial charge < -0.3 is 9.84 Å². The summed E-state index contributed by atoms with van der Waals surface area (Å²) in [6.45, 7) is 3.98. The van der Waals surface area contributed by atoms with Gasteiger partial charge in [-0.25, -0.2) is 0 Å². The summed E-state index contributed by atoms with van der Waals surface area (Å²) in [5, 5.41) is 9.74. The maximum Gasteiger partial charge on any atom is 0.308 e. The second-order valence-corrected chi connectivity index (χ2v) is 3.64. The molecule has 0 unspecified atom stereocenters. The van der Waals surface area contributed by atoms with Gasteiger partial charge in [0, 0.05) is 0 Å². The van der Waals surface area contributed by atoms with Gasteiger partial charge in [0.25, 0.3) is 0 Å². The van der Waals surface area contributed by atoms with Crippen LogP contribution in [0.3, 0.4) is 0 Å². The van der Waals surface area contributed by atoms with Gasteiger partial charge in [-0.2, -0.15) is 0 Å². The molecule has 0 aromatic heterocycles. The zero-order valence-corrected chi connectivity index (χ0v) is 9.28. The lowest BCUT2D eigenvalue weighted by molar-refractivity contribution is -0.142. The molecule has 82 valence electrons. The van der Waals surface area contributed by atoms with Gasteiger partial charge in [0.05, 0.1) is 19.6 Å². The zero-order valence-electron chi connectivity index (χ0n) is 9.28. The molecule has 0 radical (unpaired) electrons. The Morgan fingerprint density at radius 1 is 1.40 bits per heavy atom. The number of carbonyl (C=O) groups is 1. The van der Waals surface area contributed by atoms with E-state index in [1.165, 1.54) is 12.7 Å². The number of aryl methyl sites for hydroxylation is 2. The summed E-state index contributed by atoms with van der Waals surface area (Å²) in [5.41, 5.74) is 3.03. The molecule has 0 aliphatic carbocycles. The van der Waals surface area contributed by atoms with Crippen molar-refractivity contribution in [2.24, 2.45) is 0 Å². The number of aliphatic hydroxyl groups is 1. The summed E-state index contributed by atoms with van der Waals surface area (Å²) in [6.07, 6.45) is -0.782. The van der Waals surface area contributed by atoms with E-state index in [1.54, 1.807) is 0 Å². The van der Waals surface area contributed by atoms with Crippen molar-refractivity contribution in [3.63, 3.8) is 0 Å². The van der Waals surface area contributed by atoms with Crippen LogP contribution in [0, 0.1) is 13.8 Å². The Labute approximate surface area is 89.7 Å². The van der Waals surface area contributed by atoms with Crippen LogP contribution in [-0.4, -0.2) is 18.2 Å². The molecule has 0 saturated heterocycles. The predicted octanol–water partition coefficient (Wildman–Crippen LogP) is 1.90. The van der Waals surface area contributed by atoms with Crippen molar-refractivity contribution in [2.75, 3.05) is 7.11 Å². The summed E-state index contributed by atoms with van der Waals surface area (Å²) in [5.74, 6) is -0.402. The summed E-state index contributed by atoms with van der Waals surface area (Å²) in [6, 6.07) is 5.66. The molecule has 0 aliphatic heterocycles. The number of benzene rings is 1. The van der Waals surface area contributed by atoms with Gasteiger partial charge in [0.2, 0.25) is 0 Å². The van der Waals surface area contributed by atoms with Crippen LogP contribution in [0.15, 0.2) is 18.2 Å². The number of rotatable bonds is 3. The molecule has 0 spiro atoms. The van der Waals surface area contributed by atoms with Crippen molar-refractivity contribution in [3.8, 4) is 0 Å². The molecule has 15 heavy (non-hydrogen) atoms. The van der Waals surface area contributed by atoms with Crippen LogP contribution in [0.4, 0.5) is 0 Å². The van der Waals surface area contributed by atoms with Gasteiger partial charge >= 0.3 is 5.97 Å². The lowest BCUT2D eigenvalue weighted by atomic mass is 10.0. The molecule has 0 amide bonds. The van der Waals surface area contributed by atoms with E-state index in [4.69, 9.17) is 0 Å². The van der Waals surface area contributed by atoms with Crippen molar-refractivity contribution in [1.29, 1.82) is 0 Å². The molecule has 1 rings (SSSR count). The molecule has 0 saturated carbocycles. The third kappa shape index (κ3) is 3.06. The Morgan fingerprint density at radius 2 is 2.07 bits per heavy atom. The van der Waals surface area contributed by atoms with E-state index in [0.29, 0.717) is 0 Å². The minimum absolute atomic E-state index is 0.000991. The Bertz CT molecular complexity index is 358. The van der Waals surface area contributed by atoms with Crippen molar-refractivity contribution < 1.29 is 14.6 Å². The third-order valence-electron chi connectivity index (χ3n) is 2.50. The second-order valence-electron chi connectivity index (χ2n) is 3.64. The first-order chi connectivity index (χ1) is 7.04. The van der Waals surface area contributed by atoms with Crippen LogP contribution >= 0.6 is 0 Å². The van der Waals surface area contributed by atoms with E-state index < -0.39 is 12.1 Å². The molecule has 1 N–H and O–H groups in total. The number of hydrogen-bond donors (Lipinski definition) is 1. The largest absolute Gasteiger partial charge is 0.469 e. The minimum atomic E-state index is -0.781. The van der Waals surface area contributed by atoms with Gasteiger partial charge in [-0.05, 0) is 30.5 Å². The fourth-order valence-electron chi connectivity index (χ4n) is 1.33. The van der Waals surface area contributed by atoms with E-state index in [0.717, 1.165) is 11.1 Å². The standard InChI is InChI=1S/C12H16O3/c1-8-4-5-10(6-9(8)2)11(13)7-12(14)15-3/h4-6,11,13H,7H2,1-3H3/t11-/m0/s1. The number of carbonyl (C=O) groups excluding carboxylic acids is 1. The molecule has 1 aromatic rings. The summed E-state index contributed by atoms with van der Waals surface area (Å²) >= 11 is 0. The number of methoxy groups -OCH3 is 1. The Hall–Kier alpha value is -1.35. The summed E-state index contributed by atoms with van der Waals surface area (Å²) in [4.78, 5) is 11.0. The van der Waals surface area contributed by atoms with Crippen molar-refractivity contribution in [2.45, 2.75) is 26.4 Å². The molecule has 1 atom stereocenters. The van der Waals surface area contributed by atoms with Crippen molar-refractivity contribution >= 4 is 5.97 Å². The van der Waals surface area contributed by atoms with E-state index >= 15 is 0 Å². The fraction of sp³-hybridized carbons (Fsp3) is 0.417. The van der Waals surface area contributed by atoms with Gasteiger partial charge in [-0.3, -0.25) is 4.79 Å². The van der Waals surface area contributed by atoms with E-state index in [-0.39, 0.29) is 6.42 Å². The first kappa shape index (κ1) is 11.7. The highest BCUT2D eigenvalue weighted by Crippen LogP contribution is 2.19. The molecule has 0 fully saturated rings. The van der Waals surface area contributed by atoms with E-state index in [9.17, 15) is 9.90 Å². The summed E-state index contributed by atoms with van der Waals surface area (Å²) in [7, 11) is 1.31. The number of ether oxygens (including phenoxy) is 1. The van der Waals surface area contributed by atoms with Gasteiger partial charge in [-0.15, -0.1) is 0 Å². The Balaban J connectivity index is 2.78. The molecule has 3 heteroatoms. The number of esters is 1. The Morgan fingerprint density at radius 3 is 2.60 bits per heavy atom. The minimum Gasteiger partial charge on any atom is -0.469 e. The second kappa shape index (κ2) is 4.94. The van der Waals surface area contributed by atoms with Crippen molar-refractivity contribution in [3.05, 3.63) is 34.9 Å². The average Bonchev–Trinajstić information content (AvgIpc) is 2.21. The topological polar surface area (TPSA) is 46.5 Å². The Kier molecular flexibility index (Phi) is 3.86. The van der Waals surface area contributed by atoms with E-state index in [1.807, 2.05) is 32.0 Å².